The number of hydrogen-bond acceptors (Lipinski definition) is 6. The monoisotopic (exact) mass is 432 g/mol. The van der Waals surface area contributed by atoms with Gasteiger partial charge in [0.15, 0.2) is 0 Å². The second-order valence-corrected chi connectivity index (χ2v) is 10.1. The van der Waals surface area contributed by atoms with E-state index in [1.54, 1.807) is 24.3 Å². The first-order valence-corrected chi connectivity index (χ1v) is 12.1. The van der Waals surface area contributed by atoms with Crippen molar-refractivity contribution in [2.24, 2.45) is 11.8 Å². The van der Waals surface area contributed by atoms with E-state index in [0.29, 0.717) is 31.1 Å². The lowest BCUT2D eigenvalue weighted by molar-refractivity contribution is -0.126. The topological polar surface area (TPSA) is 110 Å². The lowest BCUT2D eigenvalue weighted by Crippen LogP contribution is -2.46. The Morgan fingerprint density at radius 1 is 1.07 bits per heavy atom. The first-order chi connectivity index (χ1) is 14.5. The van der Waals surface area contributed by atoms with Gasteiger partial charge in [-0.1, -0.05) is 19.3 Å². The zero-order chi connectivity index (χ0) is 21.0. The summed E-state index contributed by atoms with van der Waals surface area (Å²) in [6.45, 7) is 1.37. The molecule has 0 bridgehead atoms. The zero-order valence-electron chi connectivity index (χ0n) is 17.0. The Kier molecular flexibility index (Phi) is 6.43. The summed E-state index contributed by atoms with van der Waals surface area (Å²) in [7, 11) is -3.66. The van der Waals surface area contributed by atoms with Crippen LogP contribution in [0.2, 0.25) is 0 Å². The van der Waals surface area contributed by atoms with E-state index in [0.717, 1.165) is 6.42 Å². The standard InChI is InChI=1S/C20H28N6O3S/c27-20(21-13-16-5-2-1-3-6-16)17-7-4-12-25(14-17)30(28,29)19-10-8-18(9-11-19)26-15-22-23-24-26/h8-11,15-17H,1-7,12-14H2,(H,21,27)/t17-/m1/s1. The van der Waals surface area contributed by atoms with Gasteiger partial charge in [-0.05, 0) is 66.3 Å². The van der Waals surface area contributed by atoms with Crippen molar-refractivity contribution < 1.29 is 13.2 Å². The van der Waals surface area contributed by atoms with Crippen molar-refractivity contribution in [1.29, 1.82) is 0 Å². The van der Waals surface area contributed by atoms with E-state index in [9.17, 15) is 13.2 Å². The van der Waals surface area contributed by atoms with Crippen LogP contribution in [0, 0.1) is 11.8 Å². The van der Waals surface area contributed by atoms with Gasteiger partial charge in [-0.25, -0.2) is 13.1 Å². The molecule has 1 aliphatic heterocycles. The highest BCUT2D eigenvalue weighted by Gasteiger charge is 2.33. The molecule has 1 amide bonds. The van der Waals surface area contributed by atoms with Gasteiger partial charge in [-0.2, -0.15) is 4.31 Å². The van der Waals surface area contributed by atoms with Crippen molar-refractivity contribution in [3.05, 3.63) is 30.6 Å². The van der Waals surface area contributed by atoms with Crippen LogP contribution in [0.25, 0.3) is 5.69 Å². The molecule has 1 saturated carbocycles. The molecule has 1 saturated heterocycles. The second kappa shape index (κ2) is 9.22. The predicted molar refractivity (Wildman–Crippen MR) is 110 cm³/mol. The molecule has 162 valence electrons. The Hall–Kier alpha value is -2.33. The number of nitrogens with zero attached hydrogens (tertiary/aromatic N) is 5. The fourth-order valence-electron chi connectivity index (χ4n) is 4.35. The van der Waals surface area contributed by atoms with Crippen LogP contribution in [0.4, 0.5) is 0 Å². The number of tetrazole rings is 1. The van der Waals surface area contributed by atoms with Crippen molar-refractivity contribution in [2.45, 2.75) is 49.8 Å². The molecule has 1 atom stereocenters. The summed E-state index contributed by atoms with van der Waals surface area (Å²) in [6, 6.07) is 6.45. The maximum Gasteiger partial charge on any atom is 0.243 e. The number of nitrogens with one attached hydrogen (secondary N) is 1. The summed E-state index contributed by atoms with van der Waals surface area (Å²) in [6.07, 6.45) is 8.97. The van der Waals surface area contributed by atoms with Crippen molar-refractivity contribution in [2.75, 3.05) is 19.6 Å². The summed E-state index contributed by atoms with van der Waals surface area (Å²) in [5.41, 5.74) is 0.678. The van der Waals surface area contributed by atoms with Gasteiger partial charge in [-0.15, -0.1) is 5.10 Å². The minimum Gasteiger partial charge on any atom is -0.356 e. The van der Waals surface area contributed by atoms with Crippen LogP contribution in [0.1, 0.15) is 44.9 Å². The number of carbonyl (C=O) groups is 1. The van der Waals surface area contributed by atoms with Gasteiger partial charge in [-0.3, -0.25) is 4.79 Å². The van der Waals surface area contributed by atoms with Crippen LogP contribution < -0.4 is 5.32 Å². The number of benzene rings is 1. The van der Waals surface area contributed by atoms with E-state index in [-0.39, 0.29) is 23.3 Å². The van der Waals surface area contributed by atoms with Crippen LogP contribution in [0.3, 0.4) is 0 Å². The number of piperidine rings is 1. The smallest absolute Gasteiger partial charge is 0.243 e. The van der Waals surface area contributed by atoms with Crippen LogP contribution in [0.5, 0.6) is 0 Å². The molecule has 0 unspecified atom stereocenters. The average Bonchev–Trinajstić information content (AvgIpc) is 3.33. The summed E-state index contributed by atoms with van der Waals surface area (Å²) in [5.74, 6) is 0.247. The minimum atomic E-state index is -3.66. The van der Waals surface area contributed by atoms with E-state index in [1.807, 2.05) is 0 Å². The lowest BCUT2D eigenvalue weighted by atomic mass is 9.89. The highest BCUT2D eigenvalue weighted by atomic mass is 32.2. The van der Waals surface area contributed by atoms with Crippen molar-refractivity contribution >= 4 is 15.9 Å². The number of aromatic nitrogens is 4. The summed E-state index contributed by atoms with van der Waals surface area (Å²) >= 11 is 0. The number of carbonyl (C=O) groups excluding carboxylic acids is 1. The van der Waals surface area contributed by atoms with E-state index < -0.39 is 10.0 Å². The van der Waals surface area contributed by atoms with E-state index >= 15 is 0 Å². The normalized spacial score (nSPS) is 21.4. The maximum atomic E-state index is 13.1. The van der Waals surface area contributed by atoms with E-state index in [1.165, 1.54) is 47.4 Å². The highest BCUT2D eigenvalue weighted by molar-refractivity contribution is 7.89. The Morgan fingerprint density at radius 2 is 1.83 bits per heavy atom. The van der Waals surface area contributed by atoms with Gasteiger partial charge >= 0.3 is 0 Å². The summed E-state index contributed by atoms with van der Waals surface area (Å²) in [4.78, 5) is 12.9. The van der Waals surface area contributed by atoms with Crippen LogP contribution in [-0.4, -0.2) is 58.5 Å². The third kappa shape index (κ3) is 4.70. The average molecular weight is 433 g/mol. The maximum absolute atomic E-state index is 13.1. The predicted octanol–water partition coefficient (Wildman–Crippen LogP) is 1.76. The number of rotatable bonds is 6. The Morgan fingerprint density at radius 3 is 2.53 bits per heavy atom. The second-order valence-electron chi connectivity index (χ2n) is 8.20. The highest BCUT2D eigenvalue weighted by Crippen LogP contribution is 2.26. The fourth-order valence-corrected chi connectivity index (χ4v) is 5.88. The van der Waals surface area contributed by atoms with Crippen molar-refractivity contribution in [3.8, 4) is 5.69 Å². The summed E-state index contributed by atoms with van der Waals surface area (Å²) < 4.78 is 29.1. The molecule has 1 aromatic carbocycles. The molecule has 10 heteroatoms. The molecule has 2 aromatic rings. The minimum absolute atomic E-state index is 0.0190. The van der Waals surface area contributed by atoms with Gasteiger partial charge in [0.05, 0.1) is 16.5 Å². The molecular weight excluding hydrogens is 404 g/mol. The van der Waals surface area contributed by atoms with Gasteiger partial charge in [0.1, 0.15) is 6.33 Å². The Balaban J connectivity index is 1.38. The van der Waals surface area contributed by atoms with Crippen molar-refractivity contribution in [1.82, 2.24) is 29.8 Å². The van der Waals surface area contributed by atoms with Crippen molar-refractivity contribution in [3.63, 3.8) is 0 Å². The Bertz CT molecular complexity index is 939. The van der Waals surface area contributed by atoms with E-state index in [4.69, 9.17) is 0 Å². The lowest BCUT2D eigenvalue weighted by Gasteiger charge is -2.31. The third-order valence-electron chi connectivity index (χ3n) is 6.13. The number of hydrogen-bond donors (Lipinski definition) is 1. The van der Waals surface area contributed by atoms with Gasteiger partial charge in [0.2, 0.25) is 15.9 Å². The third-order valence-corrected chi connectivity index (χ3v) is 8.01. The quantitative estimate of drug-likeness (QED) is 0.745. The molecule has 0 spiro atoms. The largest absolute Gasteiger partial charge is 0.356 e. The Labute approximate surface area is 176 Å². The van der Waals surface area contributed by atoms with Crippen LogP contribution in [-0.2, 0) is 14.8 Å². The SMILES string of the molecule is O=C(NCC1CCCCC1)[C@@H]1CCCN(S(=O)(=O)c2ccc(-n3cnnn3)cc2)C1. The molecule has 2 aliphatic rings. The number of sulfonamides is 1. The molecule has 1 aromatic heterocycles. The zero-order valence-corrected chi connectivity index (χ0v) is 17.8. The first kappa shape index (κ1) is 20.9. The molecule has 30 heavy (non-hydrogen) atoms. The van der Waals surface area contributed by atoms with E-state index in [2.05, 4.69) is 20.8 Å². The molecule has 9 nitrogen and oxygen atoms in total. The van der Waals surface area contributed by atoms with Crippen LogP contribution in [0.15, 0.2) is 35.5 Å². The molecule has 1 N–H and O–H groups in total. The van der Waals surface area contributed by atoms with Crippen LogP contribution >= 0.6 is 0 Å². The first-order valence-electron chi connectivity index (χ1n) is 10.7. The summed E-state index contributed by atoms with van der Waals surface area (Å²) in [5, 5.41) is 14.0. The fraction of sp³-hybridized carbons (Fsp3) is 0.600. The molecule has 4 rings (SSSR count). The molecule has 1 aliphatic carbocycles. The van der Waals surface area contributed by atoms with Gasteiger partial charge in [0.25, 0.3) is 0 Å². The molecule has 2 fully saturated rings. The molecule has 0 radical (unpaired) electrons. The van der Waals surface area contributed by atoms with Gasteiger partial charge in [0, 0.05) is 19.6 Å². The molecule has 2 heterocycles. The number of amides is 1. The van der Waals surface area contributed by atoms with Gasteiger partial charge < -0.3 is 5.32 Å². The molecular formula is C20H28N6O3S.